The van der Waals surface area contributed by atoms with Gasteiger partial charge in [0.05, 0.1) is 33.1 Å². The van der Waals surface area contributed by atoms with Crippen LogP contribution in [0, 0.1) is 11.2 Å². The molecule has 6 heterocycles. The second kappa shape index (κ2) is 11.4. The molecule has 0 saturated carbocycles. The molecule has 23 heteroatoms. The molecule has 6 rings (SSSR count). The van der Waals surface area contributed by atoms with E-state index >= 15 is 0 Å². The highest BCUT2D eigenvalue weighted by Crippen LogP contribution is 2.49. The van der Waals surface area contributed by atoms with Crippen molar-refractivity contribution in [2.45, 2.75) is 49.7 Å². The van der Waals surface area contributed by atoms with Gasteiger partial charge >= 0.3 is 7.82 Å². The maximum Gasteiger partial charge on any atom is 0.472 e. The van der Waals surface area contributed by atoms with Crippen LogP contribution in [0.2, 0.25) is 0 Å². The van der Waals surface area contributed by atoms with Crippen molar-refractivity contribution in [2.75, 3.05) is 24.7 Å². The van der Waals surface area contributed by atoms with Crippen LogP contribution in [0.15, 0.2) is 22.2 Å². The summed E-state index contributed by atoms with van der Waals surface area (Å²) in [6.45, 7) is -1.17. The van der Waals surface area contributed by atoms with Gasteiger partial charge in [-0.1, -0.05) is 0 Å². The zero-order chi connectivity index (χ0) is 31.3. The lowest BCUT2D eigenvalue weighted by atomic mass is 9.98. The van der Waals surface area contributed by atoms with E-state index in [-0.39, 0.29) is 47.1 Å². The second-order valence-electron chi connectivity index (χ2n) is 9.97. The fourth-order valence-corrected chi connectivity index (χ4v) is 6.17. The van der Waals surface area contributed by atoms with E-state index in [0.29, 0.717) is 0 Å². The maximum atomic E-state index is 12.9. The van der Waals surface area contributed by atoms with Gasteiger partial charge in [0.2, 0.25) is 23.6 Å². The van der Waals surface area contributed by atoms with Gasteiger partial charge in [-0.3, -0.25) is 38.4 Å². The quantitative estimate of drug-likeness (QED) is 0.0701. The van der Waals surface area contributed by atoms with Crippen LogP contribution in [0.1, 0.15) is 25.3 Å². The molecule has 0 bridgehead atoms. The standard InChI is InChI=1S/C21H24BN11O10P/c23-5-22-33-7-32(17-15(33)19(37)30-21(25)28-17)13-2-9(10(3-34)41-13)43-44(38,39)40-4-11-8(35)1-12(42-11)31-6-26-14-16(31)27-20(24)29-18(14)36/h6-13,34-35H,1-4H2,(H6-,24,25,27,28,29,30,36,37,38,39)/q-1/p+1. The predicted octanol–water partition coefficient (Wildman–Crippen LogP) is -3.31. The molecule has 0 amide bonds. The Hall–Kier alpha value is -4.20. The van der Waals surface area contributed by atoms with Crippen LogP contribution >= 0.6 is 7.82 Å². The monoisotopic (exact) mass is 633 g/mol. The van der Waals surface area contributed by atoms with Crippen molar-refractivity contribution in [3.8, 4) is 5.97 Å². The molecule has 7 atom stereocenters. The number of aliphatic hydroxyl groups excluding tert-OH is 2. The number of hydrogen-bond acceptors (Lipinski definition) is 15. The van der Waals surface area contributed by atoms with Crippen LogP contribution in [-0.4, -0.2) is 94.2 Å². The number of anilines is 2. The third-order valence-electron chi connectivity index (χ3n) is 7.15. The number of nitrogens with two attached hydrogens (primary N) is 2. The number of aromatic nitrogens is 8. The number of rotatable bonds is 9. The average Bonchev–Trinajstić information content (AvgIpc) is 3.72. The maximum absolute atomic E-state index is 12.9. The average molecular weight is 633 g/mol. The molecular formula is C21H25BN11O10P. The summed E-state index contributed by atoms with van der Waals surface area (Å²) in [5.41, 5.74) is 10.3. The molecule has 2 aliphatic rings. The molecule has 2 saturated heterocycles. The molecule has 0 aromatic carbocycles. The van der Waals surface area contributed by atoms with Gasteiger partial charge in [-0.2, -0.15) is 20.5 Å². The van der Waals surface area contributed by atoms with Crippen LogP contribution in [0.5, 0.6) is 0 Å². The van der Waals surface area contributed by atoms with Gasteiger partial charge in [0.1, 0.15) is 24.5 Å². The van der Waals surface area contributed by atoms with E-state index in [9.17, 15) is 29.3 Å². The SMILES string of the molecule is N#C[B-][n+]1cn(C2CC(OP(=O)(O)OCC3OC(n4cnc5c(=O)[nH]c(N)nc54)CC3O)C(CO)O2)c2nc(N)[nH]c(=O)c21. The summed E-state index contributed by atoms with van der Waals surface area (Å²) in [5, 5.41) is 29.6. The second-order valence-corrected chi connectivity index (χ2v) is 11.4. The fraction of sp³-hybridized carbons (Fsp3) is 0.476. The normalized spacial score (nSPS) is 26.8. The predicted molar refractivity (Wildman–Crippen MR) is 145 cm³/mol. The van der Waals surface area contributed by atoms with Crippen LogP contribution < -0.4 is 27.1 Å². The van der Waals surface area contributed by atoms with E-state index in [1.54, 1.807) is 0 Å². The lowest BCUT2D eigenvalue weighted by Gasteiger charge is -2.21. The van der Waals surface area contributed by atoms with E-state index in [0.717, 1.165) is 7.41 Å². The number of aliphatic hydroxyl groups is 2. The minimum atomic E-state index is -4.82. The first-order valence-corrected chi connectivity index (χ1v) is 14.5. The van der Waals surface area contributed by atoms with Crippen LogP contribution in [-0.2, 0) is 23.1 Å². The summed E-state index contributed by atoms with van der Waals surface area (Å²) in [6, 6.07) is 0. The Morgan fingerprint density at radius 2 is 1.82 bits per heavy atom. The molecule has 21 nitrogen and oxygen atoms in total. The Kier molecular flexibility index (Phi) is 7.72. The van der Waals surface area contributed by atoms with Gasteiger partial charge in [0.15, 0.2) is 17.5 Å². The first-order valence-electron chi connectivity index (χ1n) is 13.0. The molecule has 0 aliphatic carbocycles. The van der Waals surface area contributed by atoms with Crippen LogP contribution in [0.25, 0.3) is 22.3 Å². The highest BCUT2D eigenvalue weighted by atomic mass is 31.2. The summed E-state index contributed by atoms with van der Waals surface area (Å²) < 4.78 is 39.0. The molecule has 4 aromatic heterocycles. The third-order valence-corrected chi connectivity index (χ3v) is 8.16. The van der Waals surface area contributed by atoms with Gasteiger partial charge < -0.3 is 40.5 Å². The molecule has 4 aromatic rings. The van der Waals surface area contributed by atoms with E-state index in [2.05, 4.69) is 24.9 Å². The van der Waals surface area contributed by atoms with Crippen molar-refractivity contribution in [3.63, 3.8) is 0 Å². The number of hydrogen-bond donors (Lipinski definition) is 7. The molecular weight excluding hydrogens is 608 g/mol. The minimum Gasteiger partial charge on any atom is -0.465 e. The van der Waals surface area contributed by atoms with Crippen LogP contribution in [0.4, 0.5) is 11.9 Å². The van der Waals surface area contributed by atoms with E-state index < -0.39 is 69.0 Å². The number of nitriles is 1. The highest BCUT2D eigenvalue weighted by Gasteiger charge is 2.45. The minimum absolute atomic E-state index is 0.00593. The smallest absolute Gasteiger partial charge is 0.465 e. The number of phosphoric acid groups is 1. The van der Waals surface area contributed by atoms with E-state index in [1.807, 2.05) is 5.97 Å². The Morgan fingerprint density at radius 1 is 1.14 bits per heavy atom. The number of nitrogen functional groups attached to an aromatic ring is 2. The Balaban J connectivity index is 1.13. The summed E-state index contributed by atoms with van der Waals surface area (Å²) in [4.78, 5) is 51.9. The summed E-state index contributed by atoms with van der Waals surface area (Å²) in [7, 11) is -3.77. The van der Waals surface area contributed by atoms with Crippen molar-refractivity contribution >= 4 is 49.5 Å². The fourth-order valence-electron chi connectivity index (χ4n) is 5.21. The van der Waals surface area contributed by atoms with E-state index in [4.69, 9.17) is 35.3 Å². The van der Waals surface area contributed by atoms with Crippen molar-refractivity contribution in [1.82, 2.24) is 34.1 Å². The summed E-state index contributed by atoms with van der Waals surface area (Å²) in [6.07, 6.45) is -3.70. The number of aromatic amines is 2. The Labute approximate surface area is 245 Å². The molecule has 232 valence electrons. The molecule has 2 fully saturated rings. The van der Waals surface area contributed by atoms with Gasteiger partial charge in [-0.15, -0.1) is 0 Å². The lowest BCUT2D eigenvalue weighted by Crippen LogP contribution is -2.41. The van der Waals surface area contributed by atoms with Gasteiger partial charge in [-0.25, -0.2) is 9.55 Å². The zero-order valence-electron chi connectivity index (χ0n) is 22.5. The zero-order valence-corrected chi connectivity index (χ0v) is 23.4. The third kappa shape index (κ3) is 5.46. The Morgan fingerprint density at radius 3 is 2.55 bits per heavy atom. The number of ether oxygens (including phenoxy) is 2. The molecule has 44 heavy (non-hydrogen) atoms. The number of nitrogens with one attached hydrogen (secondary N) is 2. The van der Waals surface area contributed by atoms with Crippen molar-refractivity contribution in [2.24, 2.45) is 0 Å². The first-order chi connectivity index (χ1) is 21.0. The number of imidazole rings is 2. The topological polar surface area (TPSA) is 309 Å². The van der Waals surface area contributed by atoms with Gasteiger partial charge in [-0.05, 0) is 0 Å². The number of phosphoric ester groups is 1. The van der Waals surface area contributed by atoms with Crippen molar-refractivity contribution in [3.05, 3.63) is 33.4 Å². The molecule has 0 spiro atoms. The van der Waals surface area contributed by atoms with E-state index in [1.165, 1.54) is 26.3 Å². The molecule has 9 N–H and O–H groups in total. The summed E-state index contributed by atoms with van der Waals surface area (Å²) >= 11 is 0. The van der Waals surface area contributed by atoms with Crippen molar-refractivity contribution < 1.29 is 42.7 Å². The molecule has 2 aliphatic heterocycles. The van der Waals surface area contributed by atoms with Crippen LogP contribution in [0.3, 0.4) is 0 Å². The highest BCUT2D eigenvalue weighted by molar-refractivity contribution is 7.47. The number of nitrogens with zero attached hydrogens (tertiary/aromatic N) is 7. The van der Waals surface area contributed by atoms with Gasteiger partial charge in [0.25, 0.3) is 16.8 Å². The number of fused-ring (bicyclic) bond motifs is 2. The lowest BCUT2D eigenvalue weighted by molar-refractivity contribution is -0.499. The number of H-pyrrole nitrogens is 2. The largest absolute Gasteiger partial charge is 0.472 e. The Bertz CT molecular complexity index is 1940. The van der Waals surface area contributed by atoms with Gasteiger partial charge in [0, 0.05) is 12.8 Å². The summed E-state index contributed by atoms with van der Waals surface area (Å²) in [5.74, 6) is 1.47. The van der Waals surface area contributed by atoms with Crippen molar-refractivity contribution in [1.29, 1.82) is 5.26 Å². The first kappa shape index (κ1) is 29.9. The molecule has 2 radical (unpaired) electrons. The molecule has 7 unspecified atom stereocenters.